The molecule has 0 unspecified atom stereocenters. The molecular weight excluding hydrogens is 264 g/mol. The lowest BCUT2D eigenvalue weighted by atomic mass is 9.83. The molecule has 2 heteroatoms. The Bertz CT molecular complexity index is 667. The summed E-state index contributed by atoms with van der Waals surface area (Å²) in [4.78, 5) is 13.5. The summed E-state index contributed by atoms with van der Waals surface area (Å²) in [6.07, 6.45) is 7.65. The lowest BCUT2D eigenvalue weighted by Crippen LogP contribution is -2.11. The summed E-state index contributed by atoms with van der Waals surface area (Å²) in [6.45, 7) is 0. The van der Waals surface area contributed by atoms with Crippen LogP contribution in [0.15, 0.2) is 23.6 Å². The molecule has 2 aliphatic rings. The second kappa shape index (κ2) is 4.85. The average Bonchev–Trinajstić information content (AvgIpc) is 3.10. The summed E-state index contributed by atoms with van der Waals surface area (Å²) in [6, 6.07) is 6.56. The lowest BCUT2D eigenvalue weighted by molar-refractivity contribution is 0.0994. The van der Waals surface area contributed by atoms with Crippen LogP contribution in [0.2, 0.25) is 0 Å². The van der Waals surface area contributed by atoms with Crippen molar-refractivity contribution in [3.05, 3.63) is 56.3 Å². The van der Waals surface area contributed by atoms with Crippen molar-refractivity contribution in [1.29, 1.82) is 0 Å². The zero-order chi connectivity index (χ0) is 13.5. The SMILES string of the molecule is O=C1CCc2c1cc1c(c2Cc2cccs2)CCCC1. The molecule has 0 bridgehead atoms. The van der Waals surface area contributed by atoms with Crippen LogP contribution in [0, 0.1) is 0 Å². The van der Waals surface area contributed by atoms with Crippen molar-refractivity contribution in [2.75, 3.05) is 0 Å². The second-order valence-corrected chi connectivity index (χ2v) is 6.94. The molecule has 2 aromatic rings. The highest BCUT2D eigenvalue weighted by atomic mass is 32.1. The zero-order valence-corrected chi connectivity index (χ0v) is 12.4. The zero-order valence-electron chi connectivity index (χ0n) is 11.6. The van der Waals surface area contributed by atoms with E-state index in [0.29, 0.717) is 5.78 Å². The number of hydrogen-bond donors (Lipinski definition) is 0. The Morgan fingerprint density at radius 2 is 1.95 bits per heavy atom. The summed E-state index contributed by atoms with van der Waals surface area (Å²) >= 11 is 1.83. The molecule has 0 N–H and O–H groups in total. The molecule has 1 aromatic heterocycles. The summed E-state index contributed by atoms with van der Waals surface area (Å²) in [5.41, 5.74) is 6.92. The van der Waals surface area contributed by atoms with Gasteiger partial charge in [-0.2, -0.15) is 0 Å². The van der Waals surface area contributed by atoms with Crippen LogP contribution in [0.4, 0.5) is 0 Å². The molecule has 0 radical (unpaired) electrons. The maximum absolute atomic E-state index is 12.1. The van der Waals surface area contributed by atoms with Crippen LogP contribution in [0.3, 0.4) is 0 Å². The van der Waals surface area contributed by atoms with Crippen molar-refractivity contribution >= 4 is 17.1 Å². The molecular formula is C18H18OS. The first-order chi connectivity index (χ1) is 9.83. The fourth-order valence-electron chi connectivity index (χ4n) is 3.75. The highest BCUT2D eigenvalue weighted by Crippen LogP contribution is 2.36. The summed E-state index contributed by atoms with van der Waals surface area (Å²) < 4.78 is 0. The van der Waals surface area contributed by atoms with Gasteiger partial charge in [-0.15, -0.1) is 11.3 Å². The third-order valence-electron chi connectivity index (χ3n) is 4.72. The summed E-state index contributed by atoms with van der Waals surface area (Å²) in [5.74, 6) is 0.362. The number of hydrogen-bond acceptors (Lipinski definition) is 2. The first-order valence-electron chi connectivity index (χ1n) is 7.55. The number of rotatable bonds is 2. The van der Waals surface area contributed by atoms with Crippen LogP contribution in [0.25, 0.3) is 0 Å². The van der Waals surface area contributed by atoms with Crippen LogP contribution in [0.1, 0.15) is 56.8 Å². The molecule has 1 nitrogen and oxygen atoms in total. The molecule has 0 spiro atoms. The molecule has 2 aliphatic carbocycles. The van der Waals surface area contributed by atoms with Crippen molar-refractivity contribution in [2.45, 2.75) is 44.9 Å². The topological polar surface area (TPSA) is 17.1 Å². The number of Topliss-reactive ketones (excluding diaryl/α,β-unsaturated/α-hetero) is 1. The molecule has 20 heavy (non-hydrogen) atoms. The minimum absolute atomic E-state index is 0.362. The van der Waals surface area contributed by atoms with E-state index in [0.717, 1.165) is 31.2 Å². The Morgan fingerprint density at radius 1 is 1.05 bits per heavy atom. The highest BCUT2D eigenvalue weighted by molar-refractivity contribution is 7.09. The van der Waals surface area contributed by atoms with Gasteiger partial charge in [-0.3, -0.25) is 4.79 Å². The lowest BCUT2D eigenvalue weighted by Gasteiger charge is -2.22. The third kappa shape index (κ3) is 1.94. The summed E-state index contributed by atoms with van der Waals surface area (Å²) in [7, 11) is 0. The Balaban J connectivity index is 1.88. The van der Waals surface area contributed by atoms with Crippen LogP contribution in [-0.4, -0.2) is 5.78 Å². The number of carbonyl (C=O) groups excluding carboxylic acids is 1. The molecule has 0 saturated heterocycles. The molecule has 0 fully saturated rings. The molecule has 1 aromatic carbocycles. The Hall–Kier alpha value is -1.41. The predicted molar refractivity (Wildman–Crippen MR) is 82.9 cm³/mol. The van der Waals surface area contributed by atoms with Crippen molar-refractivity contribution in [3.63, 3.8) is 0 Å². The summed E-state index contributed by atoms with van der Waals surface area (Å²) in [5, 5.41) is 2.15. The van der Waals surface area contributed by atoms with E-state index in [1.54, 1.807) is 5.56 Å². The highest BCUT2D eigenvalue weighted by Gasteiger charge is 2.27. The molecule has 1 heterocycles. The van der Waals surface area contributed by atoms with Gasteiger partial charge in [0.15, 0.2) is 5.78 Å². The monoisotopic (exact) mass is 282 g/mol. The fourth-order valence-corrected chi connectivity index (χ4v) is 4.46. The fraction of sp³-hybridized carbons (Fsp3) is 0.389. The number of benzene rings is 1. The molecule has 0 atom stereocenters. The minimum Gasteiger partial charge on any atom is -0.294 e. The van der Waals surface area contributed by atoms with Crippen molar-refractivity contribution in [2.24, 2.45) is 0 Å². The van der Waals surface area contributed by atoms with E-state index >= 15 is 0 Å². The molecule has 0 aliphatic heterocycles. The number of thiophene rings is 1. The minimum atomic E-state index is 0.362. The van der Waals surface area contributed by atoms with Crippen molar-refractivity contribution in [1.82, 2.24) is 0 Å². The largest absolute Gasteiger partial charge is 0.294 e. The van der Waals surface area contributed by atoms with Crippen LogP contribution < -0.4 is 0 Å². The van der Waals surface area contributed by atoms with Crippen LogP contribution in [-0.2, 0) is 25.7 Å². The van der Waals surface area contributed by atoms with Gasteiger partial charge in [0.25, 0.3) is 0 Å². The predicted octanol–water partition coefficient (Wildman–Crippen LogP) is 4.35. The molecule has 4 rings (SSSR count). The molecule has 0 saturated carbocycles. The molecule has 102 valence electrons. The smallest absolute Gasteiger partial charge is 0.163 e. The standard InChI is InChI=1S/C18H18OS/c19-18-8-7-15-16(11-13-5-3-9-20-13)14-6-2-1-4-12(14)10-17(15)18/h3,5,9-10H,1-2,4,6-8,11H2. The van der Waals surface area contributed by atoms with Crippen molar-refractivity contribution < 1.29 is 4.79 Å². The van der Waals surface area contributed by atoms with Gasteiger partial charge in [-0.05, 0) is 71.9 Å². The van der Waals surface area contributed by atoms with Gasteiger partial charge in [0.2, 0.25) is 0 Å². The van der Waals surface area contributed by atoms with Gasteiger partial charge in [0.1, 0.15) is 0 Å². The Labute approximate surface area is 123 Å². The van der Waals surface area contributed by atoms with Crippen LogP contribution >= 0.6 is 11.3 Å². The van der Waals surface area contributed by atoms with Gasteiger partial charge in [0.05, 0.1) is 0 Å². The number of ketones is 1. The van der Waals surface area contributed by atoms with E-state index in [4.69, 9.17) is 0 Å². The van der Waals surface area contributed by atoms with Crippen molar-refractivity contribution in [3.8, 4) is 0 Å². The van der Waals surface area contributed by atoms with E-state index in [1.165, 1.54) is 40.8 Å². The van der Waals surface area contributed by atoms with E-state index in [1.807, 2.05) is 11.3 Å². The van der Waals surface area contributed by atoms with E-state index in [2.05, 4.69) is 23.6 Å². The Kier molecular flexibility index (Phi) is 2.99. The first kappa shape index (κ1) is 12.3. The van der Waals surface area contributed by atoms with E-state index < -0.39 is 0 Å². The van der Waals surface area contributed by atoms with E-state index in [9.17, 15) is 4.79 Å². The number of aryl methyl sites for hydroxylation is 1. The van der Waals surface area contributed by atoms with Gasteiger partial charge in [0, 0.05) is 23.3 Å². The van der Waals surface area contributed by atoms with Crippen LogP contribution in [0.5, 0.6) is 0 Å². The maximum atomic E-state index is 12.1. The van der Waals surface area contributed by atoms with Gasteiger partial charge in [-0.25, -0.2) is 0 Å². The normalized spacial score (nSPS) is 17.1. The average molecular weight is 282 g/mol. The Morgan fingerprint density at radius 3 is 2.80 bits per heavy atom. The molecule has 0 amide bonds. The maximum Gasteiger partial charge on any atom is 0.163 e. The number of carbonyl (C=O) groups is 1. The van der Waals surface area contributed by atoms with Gasteiger partial charge < -0.3 is 0 Å². The second-order valence-electron chi connectivity index (χ2n) is 5.91. The van der Waals surface area contributed by atoms with Gasteiger partial charge >= 0.3 is 0 Å². The van der Waals surface area contributed by atoms with Gasteiger partial charge in [-0.1, -0.05) is 6.07 Å². The first-order valence-corrected chi connectivity index (χ1v) is 8.43. The quantitative estimate of drug-likeness (QED) is 0.800. The van der Waals surface area contributed by atoms with E-state index in [-0.39, 0.29) is 0 Å². The third-order valence-corrected chi connectivity index (χ3v) is 5.59. The number of fused-ring (bicyclic) bond motifs is 2.